The number of methoxy groups -OCH3 is 1. The molecule has 1 unspecified atom stereocenters. The SMILES string of the molecule is COc1ccc(Cl)cc1S(=O)(=O)N1CCC(Oc2ccncc2Br)C1. The van der Waals surface area contributed by atoms with Crippen molar-refractivity contribution < 1.29 is 17.9 Å². The summed E-state index contributed by atoms with van der Waals surface area (Å²) in [6.45, 7) is 0.623. The van der Waals surface area contributed by atoms with E-state index in [1.807, 2.05) is 0 Å². The Hall–Kier alpha value is -1.35. The molecular weight excluding hydrogens is 432 g/mol. The molecular formula is C16H16BrClN2O4S. The van der Waals surface area contributed by atoms with Crippen LogP contribution >= 0.6 is 27.5 Å². The molecule has 0 spiro atoms. The van der Waals surface area contributed by atoms with Crippen molar-refractivity contribution in [3.63, 3.8) is 0 Å². The number of nitrogens with zero attached hydrogens (tertiary/aromatic N) is 2. The van der Waals surface area contributed by atoms with Crippen LogP contribution in [-0.2, 0) is 10.0 Å². The molecule has 0 amide bonds. The topological polar surface area (TPSA) is 68.7 Å². The van der Waals surface area contributed by atoms with Crippen molar-refractivity contribution in [3.05, 3.63) is 46.2 Å². The highest BCUT2D eigenvalue weighted by Crippen LogP contribution is 2.32. The number of benzene rings is 1. The zero-order valence-corrected chi connectivity index (χ0v) is 16.5. The van der Waals surface area contributed by atoms with Gasteiger partial charge in [0.15, 0.2) is 0 Å². The van der Waals surface area contributed by atoms with Crippen molar-refractivity contribution in [2.24, 2.45) is 0 Å². The fourth-order valence-electron chi connectivity index (χ4n) is 2.64. The van der Waals surface area contributed by atoms with Crippen molar-refractivity contribution >= 4 is 37.6 Å². The lowest BCUT2D eigenvalue weighted by molar-refractivity contribution is 0.214. The maximum Gasteiger partial charge on any atom is 0.246 e. The van der Waals surface area contributed by atoms with E-state index in [1.165, 1.54) is 17.5 Å². The molecule has 0 radical (unpaired) electrons. The molecule has 0 bridgehead atoms. The Morgan fingerprint density at radius 2 is 2.12 bits per heavy atom. The highest BCUT2D eigenvalue weighted by Gasteiger charge is 2.35. The summed E-state index contributed by atoms with van der Waals surface area (Å²) >= 11 is 9.34. The van der Waals surface area contributed by atoms with Gasteiger partial charge in [-0.2, -0.15) is 4.31 Å². The first-order valence-electron chi connectivity index (χ1n) is 7.51. The van der Waals surface area contributed by atoms with Crippen LogP contribution in [0.3, 0.4) is 0 Å². The Kier molecular flexibility index (Phi) is 5.52. The van der Waals surface area contributed by atoms with Gasteiger partial charge in [0.05, 0.1) is 18.1 Å². The molecule has 1 fully saturated rings. The summed E-state index contributed by atoms with van der Waals surface area (Å²) in [5, 5.41) is 0.340. The number of aromatic nitrogens is 1. The monoisotopic (exact) mass is 446 g/mol. The average molecular weight is 448 g/mol. The van der Waals surface area contributed by atoms with Gasteiger partial charge in [-0.25, -0.2) is 8.42 Å². The molecule has 1 aromatic carbocycles. The Bertz CT molecular complexity index is 878. The molecule has 0 saturated carbocycles. The molecule has 1 aliphatic heterocycles. The van der Waals surface area contributed by atoms with E-state index in [0.717, 1.165) is 4.47 Å². The Labute approximate surface area is 159 Å². The number of halogens is 2. The van der Waals surface area contributed by atoms with E-state index < -0.39 is 10.0 Å². The number of sulfonamides is 1. The summed E-state index contributed by atoms with van der Waals surface area (Å²) in [5.74, 6) is 0.908. The van der Waals surface area contributed by atoms with Crippen molar-refractivity contribution in [3.8, 4) is 11.5 Å². The predicted molar refractivity (Wildman–Crippen MR) is 97.7 cm³/mol. The number of hydrogen-bond acceptors (Lipinski definition) is 5. The minimum atomic E-state index is -3.72. The zero-order valence-electron chi connectivity index (χ0n) is 13.4. The summed E-state index contributed by atoms with van der Waals surface area (Å²) < 4.78 is 39.1. The third-order valence-electron chi connectivity index (χ3n) is 3.88. The van der Waals surface area contributed by atoms with Crippen LogP contribution in [-0.4, -0.2) is 44.0 Å². The summed E-state index contributed by atoms with van der Waals surface area (Å²) in [6.07, 6.45) is 3.62. The van der Waals surface area contributed by atoms with E-state index >= 15 is 0 Å². The van der Waals surface area contributed by atoms with Crippen molar-refractivity contribution in [2.75, 3.05) is 20.2 Å². The second-order valence-corrected chi connectivity index (χ2v) is 8.69. The van der Waals surface area contributed by atoms with Gasteiger partial charge in [0.2, 0.25) is 10.0 Å². The first kappa shape index (κ1) is 18.4. The average Bonchev–Trinajstić information content (AvgIpc) is 3.06. The van der Waals surface area contributed by atoms with Crippen LogP contribution in [0, 0.1) is 0 Å². The van der Waals surface area contributed by atoms with E-state index in [-0.39, 0.29) is 23.3 Å². The number of hydrogen-bond donors (Lipinski definition) is 0. The normalized spacial score (nSPS) is 18.3. The number of pyridine rings is 1. The molecule has 9 heteroatoms. The molecule has 134 valence electrons. The molecule has 2 heterocycles. The lowest BCUT2D eigenvalue weighted by Crippen LogP contribution is -2.31. The predicted octanol–water partition coefficient (Wildman–Crippen LogP) is 3.35. The quantitative estimate of drug-likeness (QED) is 0.703. The fourth-order valence-corrected chi connectivity index (χ4v) is 4.89. The van der Waals surface area contributed by atoms with Gasteiger partial charge < -0.3 is 9.47 Å². The van der Waals surface area contributed by atoms with Gasteiger partial charge in [0.1, 0.15) is 22.5 Å². The van der Waals surface area contributed by atoms with E-state index in [9.17, 15) is 8.42 Å². The van der Waals surface area contributed by atoms with Crippen LogP contribution in [0.15, 0.2) is 46.0 Å². The van der Waals surface area contributed by atoms with Crippen molar-refractivity contribution in [2.45, 2.75) is 17.4 Å². The minimum absolute atomic E-state index is 0.0632. The van der Waals surface area contributed by atoms with Gasteiger partial charge in [-0.3, -0.25) is 4.98 Å². The van der Waals surface area contributed by atoms with Crippen LogP contribution in [0.4, 0.5) is 0 Å². The van der Waals surface area contributed by atoms with Crippen molar-refractivity contribution in [1.29, 1.82) is 0 Å². The van der Waals surface area contributed by atoms with Crippen LogP contribution in [0.1, 0.15) is 6.42 Å². The largest absolute Gasteiger partial charge is 0.495 e. The van der Waals surface area contributed by atoms with Crippen LogP contribution in [0.5, 0.6) is 11.5 Å². The van der Waals surface area contributed by atoms with Crippen LogP contribution in [0.25, 0.3) is 0 Å². The first-order valence-corrected chi connectivity index (χ1v) is 10.1. The molecule has 2 aromatic rings. The molecule has 0 N–H and O–H groups in total. The maximum atomic E-state index is 12.9. The van der Waals surface area contributed by atoms with Gasteiger partial charge >= 0.3 is 0 Å². The number of rotatable bonds is 5. The second-order valence-electron chi connectivity index (χ2n) is 5.49. The third-order valence-corrected chi connectivity index (χ3v) is 6.60. The number of ether oxygens (including phenoxy) is 2. The van der Waals surface area contributed by atoms with E-state index in [0.29, 0.717) is 23.7 Å². The summed E-state index contributed by atoms with van der Waals surface area (Å²) in [7, 11) is -2.29. The lowest BCUT2D eigenvalue weighted by atomic mass is 10.3. The third kappa shape index (κ3) is 3.92. The Morgan fingerprint density at radius 3 is 2.84 bits per heavy atom. The minimum Gasteiger partial charge on any atom is -0.495 e. The van der Waals surface area contributed by atoms with Gasteiger partial charge in [-0.1, -0.05) is 11.6 Å². The smallest absolute Gasteiger partial charge is 0.246 e. The molecule has 1 aromatic heterocycles. The van der Waals surface area contributed by atoms with Crippen LogP contribution < -0.4 is 9.47 Å². The molecule has 1 aliphatic rings. The van der Waals surface area contributed by atoms with Gasteiger partial charge in [-0.05, 0) is 46.6 Å². The molecule has 3 rings (SSSR count). The standard InChI is InChI=1S/C16H16BrClN2O4S/c1-23-15-3-2-11(18)8-16(15)25(21,22)20-7-5-12(10-20)24-14-4-6-19-9-13(14)17/h2-4,6,8-9,12H,5,7,10H2,1H3. The molecule has 0 aliphatic carbocycles. The highest BCUT2D eigenvalue weighted by atomic mass is 79.9. The summed E-state index contributed by atoms with van der Waals surface area (Å²) in [6, 6.07) is 6.29. The molecule has 1 saturated heterocycles. The van der Waals surface area contributed by atoms with E-state index in [4.69, 9.17) is 21.1 Å². The van der Waals surface area contributed by atoms with Crippen molar-refractivity contribution in [1.82, 2.24) is 9.29 Å². The zero-order chi connectivity index (χ0) is 18.0. The fraction of sp³-hybridized carbons (Fsp3) is 0.312. The molecule has 1 atom stereocenters. The molecule has 6 nitrogen and oxygen atoms in total. The second kappa shape index (κ2) is 7.49. The van der Waals surface area contributed by atoms with E-state index in [2.05, 4.69) is 20.9 Å². The van der Waals surface area contributed by atoms with E-state index in [1.54, 1.807) is 30.6 Å². The Morgan fingerprint density at radius 1 is 1.32 bits per heavy atom. The van der Waals surface area contributed by atoms with Gasteiger partial charge in [-0.15, -0.1) is 0 Å². The molecule has 25 heavy (non-hydrogen) atoms. The van der Waals surface area contributed by atoms with Crippen LogP contribution in [0.2, 0.25) is 5.02 Å². The van der Waals surface area contributed by atoms with Gasteiger partial charge in [0, 0.05) is 24.0 Å². The Balaban J connectivity index is 1.79. The lowest BCUT2D eigenvalue weighted by Gasteiger charge is -2.19. The first-order chi connectivity index (χ1) is 11.9. The summed E-state index contributed by atoms with van der Waals surface area (Å²) in [4.78, 5) is 4.04. The maximum absolute atomic E-state index is 12.9. The highest BCUT2D eigenvalue weighted by molar-refractivity contribution is 9.10. The summed E-state index contributed by atoms with van der Waals surface area (Å²) in [5.41, 5.74) is 0. The van der Waals surface area contributed by atoms with Gasteiger partial charge in [0.25, 0.3) is 0 Å².